The average molecular weight is 281 g/mol. The number of carbonyl (C=O) groups is 2. The Balaban J connectivity index is 1.67. The second-order valence-corrected chi connectivity index (χ2v) is 5.87. The van der Waals surface area contributed by atoms with Gasteiger partial charge in [-0.2, -0.15) is 0 Å². The van der Waals surface area contributed by atoms with Crippen molar-refractivity contribution in [3.8, 4) is 0 Å². The smallest absolute Gasteiger partial charge is 0.225 e. The lowest BCUT2D eigenvalue weighted by atomic mass is 10.1. The number of thiazole rings is 1. The minimum absolute atomic E-state index is 0.00118. The van der Waals surface area contributed by atoms with Crippen molar-refractivity contribution in [1.82, 2.24) is 15.2 Å². The van der Waals surface area contributed by atoms with E-state index >= 15 is 0 Å². The third kappa shape index (κ3) is 3.53. The minimum atomic E-state index is -0.178. The van der Waals surface area contributed by atoms with Crippen molar-refractivity contribution in [2.45, 2.75) is 26.2 Å². The first kappa shape index (κ1) is 14.0. The average Bonchev–Trinajstić information content (AvgIpc) is 2.92. The van der Waals surface area contributed by atoms with Crippen molar-refractivity contribution in [3.05, 3.63) is 16.1 Å². The second-order valence-electron chi connectivity index (χ2n) is 4.93. The number of amides is 2. The predicted molar refractivity (Wildman–Crippen MR) is 73.9 cm³/mol. The van der Waals surface area contributed by atoms with E-state index in [0.29, 0.717) is 19.5 Å². The zero-order valence-electron chi connectivity index (χ0n) is 11.3. The fourth-order valence-corrected chi connectivity index (χ4v) is 3.03. The molecule has 1 saturated heterocycles. The van der Waals surface area contributed by atoms with Gasteiger partial charge < -0.3 is 10.2 Å². The Bertz CT molecular complexity index is 472. The van der Waals surface area contributed by atoms with Gasteiger partial charge in [0.1, 0.15) is 0 Å². The van der Waals surface area contributed by atoms with Gasteiger partial charge in [-0.05, 0) is 19.8 Å². The number of likely N-dealkylation sites (tertiary alicyclic amines) is 1. The molecule has 1 atom stereocenters. The van der Waals surface area contributed by atoms with Gasteiger partial charge >= 0.3 is 0 Å². The van der Waals surface area contributed by atoms with Crippen molar-refractivity contribution in [2.75, 3.05) is 20.1 Å². The Labute approximate surface area is 117 Å². The summed E-state index contributed by atoms with van der Waals surface area (Å²) in [6.45, 7) is 3.20. The lowest BCUT2D eigenvalue weighted by Crippen LogP contribution is -2.33. The van der Waals surface area contributed by atoms with Crippen LogP contribution in [0.15, 0.2) is 5.51 Å². The normalized spacial score (nSPS) is 18.9. The number of rotatable bonds is 5. The largest absolute Gasteiger partial charge is 0.356 e. The van der Waals surface area contributed by atoms with Crippen LogP contribution in [-0.4, -0.2) is 41.8 Å². The molecule has 2 rings (SSSR count). The van der Waals surface area contributed by atoms with Crippen LogP contribution in [-0.2, 0) is 16.0 Å². The molecule has 1 N–H and O–H groups in total. The molecule has 5 nitrogen and oxygen atoms in total. The maximum atomic E-state index is 11.9. The molecule has 1 fully saturated rings. The molecule has 0 radical (unpaired) electrons. The standard InChI is InChI=1S/C13H19N3O2S/c1-9-11(19-8-15-9)4-3-5-14-13(18)10-6-12(17)16(2)7-10/h8,10H,3-7H2,1-2H3,(H,14,18). The van der Waals surface area contributed by atoms with Crippen LogP contribution in [0.5, 0.6) is 0 Å². The molecule has 6 heteroatoms. The zero-order chi connectivity index (χ0) is 13.8. The van der Waals surface area contributed by atoms with E-state index < -0.39 is 0 Å². The molecule has 1 unspecified atom stereocenters. The number of nitrogens with zero attached hydrogens (tertiary/aromatic N) is 2. The third-order valence-electron chi connectivity index (χ3n) is 3.44. The molecule has 0 aromatic carbocycles. The molecule has 104 valence electrons. The van der Waals surface area contributed by atoms with E-state index in [1.54, 1.807) is 23.3 Å². The Kier molecular flexibility index (Phi) is 4.52. The Morgan fingerprint density at radius 2 is 2.42 bits per heavy atom. The number of aryl methyl sites for hydroxylation is 2. The van der Waals surface area contributed by atoms with Gasteiger partial charge in [0.25, 0.3) is 0 Å². The number of aromatic nitrogens is 1. The molecule has 2 heterocycles. The van der Waals surface area contributed by atoms with Crippen molar-refractivity contribution in [1.29, 1.82) is 0 Å². The molecule has 1 aliphatic heterocycles. The highest BCUT2D eigenvalue weighted by atomic mass is 32.1. The molecular weight excluding hydrogens is 262 g/mol. The highest BCUT2D eigenvalue weighted by Crippen LogP contribution is 2.16. The number of carbonyl (C=O) groups excluding carboxylic acids is 2. The third-order valence-corrected chi connectivity index (χ3v) is 4.43. The predicted octanol–water partition coefficient (Wildman–Crippen LogP) is 0.979. The monoisotopic (exact) mass is 281 g/mol. The maximum absolute atomic E-state index is 11.9. The first-order chi connectivity index (χ1) is 9.08. The summed E-state index contributed by atoms with van der Waals surface area (Å²) >= 11 is 1.66. The van der Waals surface area contributed by atoms with Crippen LogP contribution in [0.2, 0.25) is 0 Å². The van der Waals surface area contributed by atoms with E-state index in [9.17, 15) is 9.59 Å². The zero-order valence-corrected chi connectivity index (χ0v) is 12.1. The van der Waals surface area contributed by atoms with Crippen LogP contribution >= 0.6 is 11.3 Å². The summed E-state index contributed by atoms with van der Waals surface area (Å²) in [5.74, 6) is -0.123. The number of nitrogens with one attached hydrogen (secondary N) is 1. The fraction of sp³-hybridized carbons (Fsp3) is 0.615. The maximum Gasteiger partial charge on any atom is 0.225 e. The highest BCUT2D eigenvalue weighted by Gasteiger charge is 2.31. The van der Waals surface area contributed by atoms with Crippen molar-refractivity contribution < 1.29 is 9.59 Å². The molecule has 19 heavy (non-hydrogen) atoms. The Hall–Kier alpha value is -1.43. The topological polar surface area (TPSA) is 62.3 Å². The quantitative estimate of drug-likeness (QED) is 0.818. The number of hydrogen-bond acceptors (Lipinski definition) is 4. The van der Waals surface area contributed by atoms with Gasteiger partial charge in [-0.1, -0.05) is 0 Å². The van der Waals surface area contributed by atoms with E-state index in [1.165, 1.54) is 4.88 Å². The van der Waals surface area contributed by atoms with Crippen LogP contribution < -0.4 is 5.32 Å². The molecule has 1 aromatic heterocycles. The van der Waals surface area contributed by atoms with E-state index in [2.05, 4.69) is 10.3 Å². The Morgan fingerprint density at radius 1 is 1.63 bits per heavy atom. The van der Waals surface area contributed by atoms with Crippen LogP contribution in [0.4, 0.5) is 0 Å². The van der Waals surface area contributed by atoms with Crippen LogP contribution in [0.3, 0.4) is 0 Å². The van der Waals surface area contributed by atoms with Gasteiger partial charge in [-0.15, -0.1) is 11.3 Å². The summed E-state index contributed by atoms with van der Waals surface area (Å²) in [6.07, 6.45) is 2.20. The molecule has 0 saturated carbocycles. The van der Waals surface area contributed by atoms with Crippen LogP contribution in [0.25, 0.3) is 0 Å². The van der Waals surface area contributed by atoms with E-state index in [0.717, 1.165) is 18.5 Å². The van der Waals surface area contributed by atoms with Gasteiger partial charge in [0.2, 0.25) is 11.8 Å². The summed E-state index contributed by atoms with van der Waals surface area (Å²) in [5.41, 5.74) is 2.93. The Morgan fingerprint density at radius 3 is 3.00 bits per heavy atom. The molecule has 0 aliphatic carbocycles. The molecule has 0 spiro atoms. The molecule has 1 aliphatic rings. The summed E-state index contributed by atoms with van der Waals surface area (Å²) in [6, 6.07) is 0. The molecule has 2 amide bonds. The van der Waals surface area contributed by atoms with Gasteiger partial charge in [0, 0.05) is 31.4 Å². The number of hydrogen-bond donors (Lipinski definition) is 1. The lowest BCUT2D eigenvalue weighted by molar-refractivity contribution is -0.128. The minimum Gasteiger partial charge on any atom is -0.356 e. The SMILES string of the molecule is Cc1ncsc1CCCNC(=O)C1CC(=O)N(C)C1. The van der Waals surface area contributed by atoms with E-state index in [1.807, 2.05) is 12.4 Å². The van der Waals surface area contributed by atoms with Gasteiger partial charge in [0.15, 0.2) is 0 Å². The van der Waals surface area contributed by atoms with Gasteiger partial charge in [-0.25, -0.2) is 4.98 Å². The van der Waals surface area contributed by atoms with Gasteiger partial charge in [0.05, 0.1) is 17.1 Å². The second kappa shape index (κ2) is 6.14. The van der Waals surface area contributed by atoms with Crippen LogP contribution in [0.1, 0.15) is 23.4 Å². The molecule has 0 bridgehead atoms. The highest BCUT2D eigenvalue weighted by molar-refractivity contribution is 7.09. The van der Waals surface area contributed by atoms with Crippen LogP contribution in [0, 0.1) is 12.8 Å². The first-order valence-electron chi connectivity index (χ1n) is 6.48. The summed E-state index contributed by atoms with van der Waals surface area (Å²) in [7, 11) is 1.74. The first-order valence-corrected chi connectivity index (χ1v) is 7.36. The van der Waals surface area contributed by atoms with Crippen molar-refractivity contribution >= 4 is 23.2 Å². The van der Waals surface area contributed by atoms with E-state index in [-0.39, 0.29) is 17.7 Å². The van der Waals surface area contributed by atoms with E-state index in [4.69, 9.17) is 0 Å². The van der Waals surface area contributed by atoms with Crippen molar-refractivity contribution in [3.63, 3.8) is 0 Å². The summed E-state index contributed by atoms with van der Waals surface area (Å²) in [4.78, 5) is 30.3. The lowest BCUT2D eigenvalue weighted by Gasteiger charge is -2.10. The van der Waals surface area contributed by atoms with Crippen molar-refractivity contribution in [2.24, 2.45) is 5.92 Å². The fourth-order valence-electron chi connectivity index (χ4n) is 2.21. The molecule has 1 aromatic rings. The summed E-state index contributed by atoms with van der Waals surface area (Å²) < 4.78 is 0. The molecular formula is C13H19N3O2S. The summed E-state index contributed by atoms with van der Waals surface area (Å²) in [5, 5.41) is 2.91. The van der Waals surface area contributed by atoms with Gasteiger partial charge in [-0.3, -0.25) is 9.59 Å².